The largest absolute Gasteiger partial charge is 0.492 e. The molecule has 0 atom stereocenters. The van der Waals surface area contributed by atoms with E-state index >= 15 is 0 Å². The van der Waals surface area contributed by atoms with Crippen LogP contribution in [0.1, 0.15) is 23.6 Å². The first-order valence-corrected chi connectivity index (χ1v) is 8.43. The number of carbonyl (C=O) groups is 1. The minimum atomic E-state index is -3.04. The zero-order valence-corrected chi connectivity index (χ0v) is 13.2. The van der Waals surface area contributed by atoms with Gasteiger partial charge in [0.25, 0.3) is 0 Å². The van der Waals surface area contributed by atoms with Gasteiger partial charge in [-0.15, -0.1) is 0 Å². The molecule has 0 heterocycles. The van der Waals surface area contributed by atoms with E-state index in [-0.39, 0.29) is 18.1 Å². The van der Waals surface area contributed by atoms with Crippen molar-refractivity contribution in [3.05, 3.63) is 34.9 Å². The Balaban J connectivity index is 2.83. The van der Waals surface area contributed by atoms with Gasteiger partial charge in [0.2, 0.25) is 0 Å². The zero-order valence-electron chi connectivity index (χ0n) is 12.4. The summed E-state index contributed by atoms with van der Waals surface area (Å²) in [6, 6.07) is 3.60. The van der Waals surface area contributed by atoms with Gasteiger partial charge in [0.05, 0.1) is 5.75 Å². The maximum Gasteiger partial charge on any atom is 0.328 e. The molecule has 0 saturated heterocycles. The molecular formula is C15H20O5S. The molecule has 0 unspecified atom stereocenters. The Morgan fingerprint density at radius 3 is 2.33 bits per heavy atom. The van der Waals surface area contributed by atoms with Crippen molar-refractivity contribution >= 4 is 21.9 Å². The van der Waals surface area contributed by atoms with Crippen molar-refractivity contribution in [3.63, 3.8) is 0 Å². The number of carboxylic acids is 1. The molecule has 0 spiro atoms. The number of aryl methyl sites for hydroxylation is 2. The second-order valence-corrected chi connectivity index (χ2v) is 7.21. The average molecular weight is 312 g/mol. The fraction of sp³-hybridized carbons (Fsp3) is 0.400. The minimum Gasteiger partial charge on any atom is -0.492 e. The van der Waals surface area contributed by atoms with Crippen molar-refractivity contribution < 1.29 is 23.1 Å². The van der Waals surface area contributed by atoms with Crippen LogP contribution in [0.2, 0.25) is 0 Å². The lowest BCUT2D eigenvalue weighted by atomic mass is 10.1. The van der Waals surface area contributed by atoms with Crippen molar-refractivity contribution in [3.8, 4) is 5.75 Å². The predicted octanol–water partition coefficient (Wildman–Crippen LogP) is 2.21. The van der Waals surface area contributed by atoms with Crippen LogP contribution in [0.15, 0.2) is 18.2 Å². The van der Waals surface area contributed by atoms with E-state index in [2.05, 4.69) is 0 Å². The van der Waals surface area contributed by atoms with Crippen LogP contribution in [0.4, 0.5) is 0 Å². The van der Waals surface area contributed by atoms with Gasteiger partial charge in [-0.1, -0.05) is 6.92 Å². The van der Waals surface area contributed by atoms with Gasteiger partial charge < -0.3 is 9.84 Å². The van der Waals surface area contributed by atoms with E-state index in [0.29, 0.717) is 5.75 Å². The van der Waals surface area contributed by atoms with Gasteiger partial charge in [-0.3, -0.25) is 0 Å². The number of ether oxygens (including phenoxy) is 1. The van der Waals surface area contributed by atoms with Gasteiger partial charge in [0.15, 0.2) is 9.84 Å². The lowest BCUT2D eigenvalue weighted by molar-refractivity contribution is -0.131. The number of rotatable bonds is 7. The van der Waals surface area contributed by atoms with Crippen LogP contribution in [0.3, 0.4) is 0 Å². The summed E-state index contributed by atoms with van der Waals surface area (Å²) < 4.78 is 28.4. The van der Waals surface area contributed by atoms with E-state index in [1.165, 1.54) is 6.08 Å². The van der Waals surface area contributed by atoms with Gasteiger partial charge in [-0.25, -0.2) is 13.2 Å². The molecule has 0 fully saturated rings. The second kappa shape index (κ2) is 7.26. The third-order valence-electron chi connectivity index (χ3n) is 2.98. The number of hydrogen-bond acceptors (Lipinski definition) is 4. The smallest absolute Gasteiger partial charge is 0.328 e. The Hall–Kier alpha value is -1.82. The fourth-order valence-corrected chi connectivity index (χ4v) is 2.52. The van der Waals surface area contributed by atoms with E-state index in [9.17, 15) is 13.2 Å². The summed E-state index contributed by atoms with van der Waals surface area (Å²) in [4.78, 5) is 10.5. The van der Waals surface area contributed by atoms with Gasteiger partial charge in [-0.05, 0) is 48.7 Å². The number of sulfone groups is 1. The molecular weight excluding hydrogens is 292 g/mol. The monoisotopic (exact) mass is 312 g/mol. The molecule has 0 aromatic heterocycles. The van der Waals surface area contributed by atoms with Crippen LogP contribution in [-0.2, 0) is 14.6 Å². The molecule has 0 aliphatic carbocycles. The standard InChI is InChI=1S/C15H20O5S/c1-4-21(18,19)8-7-20-15-11(2)9-13(10-12(15)3)5-6-14(16)17/h5-6,9-10H,4,7-8H2,1-3H3,(H,16,17)/b6-5+. The van der Waals surface area contributed by atoms with Gasteiger partial charge >= 0.3 is 5.97 Å². The van der Waals surface area contributed by atoms with Crippen molar-refractivity contribution in [1.29, 1.82) is 0 Å². The molecule has 0 aliphatic heterocycles. The highest BCUT2D eigenvalue weighted by Crippen LogP contribution is 2.25. The zero-order chi connectivity index (χ0) is 16.0. The lowest BCUT2D eigenvalue weighted by Crippen LogP contribution is -2.16. The van der Waals surface area contributed by atoms with E-state index in [0.717, 1.165) is 22.8 Å². The van der Waals surface area contributed by atoms with Crippen LogP contribution in [0, 0.1) is 13.8 Å². The van der Waals surface area contributed by atoms with Crippen LogP contribution >= 0.6 is 0 Å². The highest BCUT2D eigenvalue weighted by atomic mass is 32.2. The van der Waals surface area contributed by atoms with Crippen molar-refractivity contribution in [1.82, 2.24) is 0 Å². The Bertz CT molecular complexity index is 621. The molecule has 21 heavy (non-hydrogen) atoms. The summed E-state index contributed by atoms with van der Waals surface area (Å²) in [6.07, 6.45) is 2.58. The number of hydrogen-bond donors (Lipinski definition) is 1. The highest BCUT2D eigenvalue weighted by molar-refractivity contribution is 7.91. The lowest BCUT2D eigenvalue weighted by Gasteiger charge is -2.13. The highest BCUT2D eigenvalue weighted by Gasteiger charge is 2.10. The SMILES string of the molecule is CCS(=O)(=O)CCOc1c(C)cc(/C=C/C(=O)O)cc1C. The van der Waals surface area contributed by atoms with E-state index in [1.807, 2.05) is 13.8 Å². The Labute approximate surface area is 125 Å². The molecule has 116 valence electrons. The summed E-state index contributed by atoms with van der Waals surface area (Å²) in [7, 11) is -3.04. The second-order valence-electron chi connectivity index (χ2n) is 4.74. The minimum absolute atomic E-state index is 0.0109. The van der Waals surface area contributed by atoms with Gasteiger partial charge in [-0.2, -0.15) is 0 Å². The topological polar surface area (TPSA) is 80.7 Å². The quantitative estimate of drug-likeness (QED) is 0.781. The van der Waals surface area contributed by atoms with E-state index in [1.54, 1.807) is 19.1 Å². The summed E-state index contributed by atoms with van der Waals surface area (Å²) in [5.41, 5.74) is 2.45. The summed E-state index contributed by atoms with van der Waals surface area (Å²) in [5, 5.41) is 8.62. The molecule has 1 N–H and O–H groups in total. The Morgan fingerprint density at radius 1 is 1.29 bits per heavy atom. The normalized spacial score (nSPS) is 11.8. The number of benzene rings is 1. The Kier molecular flexibility index (Phi) is 5.96. The van der Waals surface area contributed by atoms with E-state index in [4.69, 9.17) is 9.84 Å². The van der Waals surface area contributed by atoms with Gasteiger partial charge in [0, 0.05) is 11.8 Å². The molecule has 0 saturated carbocycles. The summed E-state index contributed by atoms with van der Waals surface area (Å²) >= 11 is 0. The Morgan fingerprint density at radius 2 is 1.86 bits per heavy atom. The molecule has 6 heteroatoms. The van der Waals surface area contributed by atoms with Gasteiger partial charge in [0.1, 0.15) is 12.4 Å². The van der Waals surface area contributed by atoms with Crippen LogP contribution in [0.25, 0.3) is 6.08 Å². The number of carboxylic acid groups (broad SMARTS) is 1. The molecule has 0 amide bonds. The molecule has 0 bridgehead atoms. The van der Waals surface area contributed by atoms with Crippen molar-refractivity contribution in [2.75, 3.05) is 18.1 Å². The molecule has 1 aromatic carbocycles. The molecule has 1 rings (SSSR count). The van der Waals surface area contributed by atoms with Crippen LogP contribution in [-0.4, -0.2) is 37.6 Å². The first kappa shape index (κ1) is 17.2. The first-order chi connectivity index (χ1) is 9.75. The first-order valence-electron chi connectivity index (χ1n) is 6.60. The molecule has 0 aliphatic rings. The van der Waals surface area contributed by atoms with Crippen molar-refractivity contribution in [2.45, 2.75) is 20.8 Å². The maximum atomic E-state index is 11.4. The fourth-order valence-electron chi connectivity index (χ4n) is 1.89. The molecule has 5 nitrogen and oxygen atoms in total. The average Bonchev–Trinajstić information content (AvgIpc) is 2.39. The predicted molar refractivity (Wildman–Crippen MR) is 82.4 cm³/mol. The van der Waals surface area contributed by atoms with Crippen LogP contribution in [0.5, 0.6) is 5.75 Å². The third-order valence-corrected chi connectivity index (χ3v) is 4.65. The van der Waals surface area contributed by atoms with Crippen molar-refractivity contribution in [2.24, 2.45) is 0 Å². The van der Waals surface area contributed by atoms with Crippen LogP contribution < -0.4 is 4.74 Å². The third kappa shape index (κ3) is 5.59. The maximum absolute atomic E-state index is 11.4. The summed E-state index contributed by atoms with van der Waals surface area (Å²) in [5.74, 6) is -0.264. The summed E-state index contributed by atoms with van der Waals surface area (Å²) in [6.45, 7) is 5.40. The number of aliphatic carboxylic acids is 1. The van der Waals surface area contributed by atoms with E-state index < -0.39 is 15.8 Å². The molecule has 1 aromatic rings. The molecule has 0 radical (unpaired) electrons.